The van der Waals surface area contributed by atoms with Gasteiger partial charge < -0.3 is 5.32 Å². The second-order valence-electron chi connectivity index (χ2n) is 5.23. The molecular weight excluding hydrogens is 338 g/mol. The first kappa shape index (κ1) is 16.7. The Morgan fingerprint density at radius 1 is 0.920 bits per heavy atom. The normalized spacial score (nSPS) is 10.8. The van der Waals surface area contributed by atoms with Gasteiger partial charge in [0.05, 0.1) is 6.21 Å². The van der Waals surface area contributed by atoms with E-state index in [0.717, 1.165) is 10.8 Å². The zero-order chi connectivity index (χ0) is 17.6. The highest BCUT2D eigenvalue weighted by molar-refractivity contribution is 6.40. The lowest BCUT2D eigenvalue weighted by atomic mass is 10.1. The van der Waals surface area contributed by atoms with Gasteiger partial charge in [-0.3, -0.25) is 9.59 Å². The lowest BCUT2D eigenvalue weighted by Gasteiger charge is -2.07. The molecule has 0 atom stereocenters. The Morgan fingerprint density at radius 3 is 2.52 bits per heavy atom. The van der Waals surface area contributed by atoms with Gasteiger partial charge >= 0.3 is 11.8 Å². The monoisotopic (exact) mass is 351 g/mol. The third-order valence-corrected chi connectivity index (χ3v) is 3.71. The second kappa shape index (κ2) is 7.59. The first-order chi connectivity index (χ1) is 12.1. The average Bonchev–Trinajstić information content (AvgIpc) is 2.62. The molecule has 6 heteroatoms. The maximum Gasteiger partial charge on any atom is 0.329 e. The number of fused-ring (bicyclic) bond motifs is 1. The smallest absolute Gasteiger partial charge is 0.317 e. The highest BCUT2D eigenvalue weighted by Gasteiger charge is 2.14. The predicted octanol–water partition coefficient (Wildman–Crippen LogP) is 3.58. The van der Waals surface area contributed by atoms with E-state index in [2.05, 4.69) is 15.8 Å². The van der Waals surface area contributed by atoms with E-state index in [1.54, 1.807) is 30.3 Å². The molecule has 25 heavy (non-hydrogen) atoms. The summed E-state index contributed by atoms with van der Waals surface area (Å²) in [5.74, 6) is -1.65. The topological polar surface area (TPSA) is 70.6 Å². The van der Waals surface area contributed by atoms with Crippen molar-refractivity contribution in [3.63, 3.8) is 0 Å². The summed E-state index contributed by atoms with van der Waals surface area (Å²) < 4.78 is 0. The molecule has 0 aliphatic heterocycles. The molecule has 0 radical (unpaired) electrons. The van der Waals surface area contributed by atoms with Crippen LogP contribution < -0.4 is 10.7 Å². The standard InChI is InChI=1S/C19H14ClN3O2/c20-15-8-3-5-13(11-15)12-21-23-19(25)18(24)22-17-10-4-7-14-6-1-2-9-16(14)17/h1-12H,(H,22,24)(H,23,25)/b21-12-. The Hall–Kier alpha value is -3.18. The van der Waals surface area contributed by atoms with Gasteiger partial charge in [-0.1, -0.05) is 60.1 Å². The zero-order valence-electron chi connectivity index (χ0n) is 13.1. The van der Waals surface area contributed by atoms with Crippen LogP contribution in [0.4, 0.5) is 5.69 Å². The Morgan fingerprint density at radius 2 is 1.68 bits per heavy atom. The minimum Gasteiger partial charge on any atom is -0.317 e. The van der Waals surface area contributed by atoms with Gasteiger partial charge in [-0.2, -0.15) is 5.10 Å². The number of hydrazone groups is 1. The molecule has 0 aromatic heterocycles. The molecule has 124 valence electrons. The third kappa shape index (κ3) is 4.22. The molecular formula is C19H14ClN3O2. The summed E-state index contributed by atoms with van der Waals surface area (Å²) in [5, 5.41) is 8.75. The summed E-state index contributed by atoms with van der Waals surface area (Å²) in [6, 6.07) is 20.0. The molecule has 3 aromatic rings. The number of carbonyl (C=O) groups excluding carboxylic acids is 2. The van der Waals surface area contributed by atoms with Gasteiger partial charge in [0.15, 0.2) is 0 Å². The fraction of sp³-hybridized carbons (Fsp3) is 0. The minimum absolute atomic E-state index is 0.559. The van der Waals surface area contributed by atoms with Crippen molar-refractivity contribution >= 4 is 46.1 Å². The molecule has 3 rings (SSSR count). The summed E-state index contributed by atoms with van der Waals surface area (Å²) in [4.78, 5) is 23.9. The van der Waals surface area contributed by atoms with E-state index in [0.29, 0.717) is 16.3 Å². The highest BCUT2D eigenvalue weighted by Crippen LogP contribution is 2.22. The van der Waals surface area contributed by atoms with Crippen molar-refractivity contribution in [1.82, 2.24) is 5.43 Å². The van der Waals surface area contributed by atoms with Crippen molar-refractivity contribution in [2.24, 2.45) is 5.10 Å². The molecule has 0 heterocycles. The molecule has 2 amide bonds. The Balaban J connectivity index is 1.65. The van der Waals surface area contributed by atoms with Crippen molar-refractivity contribution in [1.29, 1.82) is 0 Å². The van der Waals surface area contributed by atoms with Gasteiger partial charge in [0, 0.05) is 16.1 Å². The molecule has 5 nitrogen and oxygen atoms in total. The summed E-state index contributed by atoms with van der Waals surface area (Å²) in [7, 11) is 0. The number of nitrogens with one attached hydrogen (secondary N) is 2. The van der Waals surface area contributed by atoms with E-state index in [-0.39, 0.29) is 0 Å². The van der Waals surface area contributed by atoms with Gasteiger partial charge in [-0.25, -0.2) is 5.43 Å². The number of rotatable bonds is 3. The van der Waals surface area contributed by atoms with Gasteiger partial charge in [0.2, 0.25) is 0 Å². The fourth-order valence-corrected chi connectivity index (χ4v) is 2.52. The molecule has 0 unspecified atom stereocenters. The predicted molar refractivity (Wildman–Crippen MR) is 99.8 cm³/mol. The van der Waals surface area contributed by atoms with Crippen LogP contribution in [0.2, 0.25) is 5.02 Å². The van der Waals surface area contributed by atoms with Crippen molar-refractivity contribution in [2.75, 3.05) is 5.32 Å². The minimum atomic E-state index is -0.855. The maximum atomic E-state index is 12.0. The van der Waals surface area contributed by atoms with Gasteiger partial charge in [-0.05, 0) is 29.1 Å². The fourth-order valence-electron chi connectivity index (χ4n) is 2.32. The number of amides is 2. The van der Waals surface area contributed by atoms with Gasteiger partial charge in [0.25, 0.3) is 0 Å². The number of hydrogen-bond donors (Lipinski definition) is 2. The quantitative estimate of drug-likeness (QED) is 0.430. The van der Waals surface area contributed by atoms with Crippen molar-refractivity contribution in [3.8, 4) is 0 Å². The van der Waals surface area contributed by atoms with Crippen LogP contribution in [0.15, 0.2) is 71.8 Å². The molecule has 0 aliphatic carbocycles. The van der Waals surface area contributed by atoms with Crippen molar-refractivity contribution < 1.29 is 9.59 Å². The second-order valence-corrected chi connectivity index (χ2v) is 5.67. The lowest BCUT2D eigenvalue weighted by Crippen LogP contribution is -2.32. The Bertz CT molecular complexity index is 964. The summed E-state index contributed by atoms with van der Waals surface area (Å²) in [6.07, 6.45) is 1.41. The van der Waals surface area contributed by atoms with Crippen LogP contribution in [-0.2, 0) is 9.59 Å². The third-order valence-electron chi connectivity index (χ3n) is 3.47. The molecule has 0 fully saturated rings. The molecule has 0 saturated carbocycles. The zero-order valence-corrected chi connectivity index (χ0v) is 13.8. The summed E-state index contributed by atoms with van der Waals surface area (Å²) in [6.45, 7) is 0. The Kier molecular flexibility index (Phi) is 5.06. The molecule has 0 bridgehead atoms. The van der Waals surface area contributed by atoms with Crippen LogP contribution in [0.1, 0.15) is 5.56 Å². The molecule has 0 saturated heterocycles. The first-order valence-corrected chi connectivity index (χ1v) is 7.89. The number of benzene rings is 3. The van der Waals surface area contributed by atoms with E-state index in [1.807, 2.05) is 36.4 Å². The molecule has 0 aliphatic rings. The van der Waals surface area contributed by atoms with Crippen molar-refractivity contribution in [2.45, 2.75) is 0 Å². The van der Waals surface area contributed by atoms with Crippen LogP contribution in [0.5, 0.6) is 0 Å². The number of carbonyl (C=O) groups is 2. The van der Waals surface area contributed by atoms with Crippen LogP contribution in [0.3, 0.4) is 0 Å². The van der Waals surface area contributed by atoms with E-state index >= 15 is 0 Å². The van der Waals surface area contributed by atoms with Crippen LogP contribution in [0, 0.1) is 0 Å². The number of nitrogens with zero attached hydrogens (tertiary/aromatic N) is 1. The maximum absolute atomic E-state index is 12.0. The summed E-state index contributed by atoms with van der Waals surface area (Å²) >= 11 is 5.86. The lowest BCUT2D eigenvalue weighted by molar-refractivity contribution is -0.136. The molecule has 3 aromatic carbocycles. The number of anilines is 1. The first-order valence-electron chi connectivity index (χ1n) is 7.51. The largest absolute Gasteiger partial charge is 0.329 e. The van der Waals surface area contributed by atoms with Crippen LogP contribution >= 0.6 is 11.6 Å². The SMILES string of the molecule is O=C(N/N=C\c1cccc(Cl)c1)C(=O)Nc1cccc2ccccc12. The number of halogens is 1. The van der Waals surface area contributed by atoms with Gasteiger partial charge in [-0.15, -0.1) is 0 Å². The van der Waals surface area contributed by atoms with Crippen molar-refractivity contribution in [3.05, 3.63) is 77.3 Å². The van der Waals surface area contributed by atoms with Crippen LogP contribution in [-0.4, -0.2) is 18.0 Å². The molecule has 0 spiro atoms. The van der Waals surface area contributed by atoms with Crippen LogP contribution in [0.25, 0.3) is 10.8 Å². The number of hydrogen-bond acceptors (Lipinski definition) is 3. The van der Waals surface area contributed by atoms with E-state index in [1.165, 1.54) is 6.21 Å². The van der Waals surface area contributed by atoms with E-state index in [9.17, 15) is 9.59 Å². The summed E-state index contributed by atoms with van der Waals surface area (Å²) in [5.41, 5.74) is 3.47. The molecule has 2 N–H and O–H groups in total. The average molecular weight is 352 g/mol. The highest BCUT2D eigenvalue weighted by atomic mass is 35.5. The van der Waals surface area contributed by atoms with E-state index in [4.69, 9.17) is 11.6 Å². The Labute approximate surface area is 149 Å². The van der Waals surface area contributed by atoms with E-state index < -0.39 is 11.8 Å². The van der Waals surface area contributed by atoms with Gasteiger partial charge in [0.1, 0.15) is 0 Å².